The molecule has 106 valence electrons. The average molecular weight is 266 g/mol. The highest BCUT2D eigenvalue weighted by atomic mass is 16.4. The number of aliphatic hydroxyl groups is 1. The molecule has 1 unspecified atom stereocenters. The summed E-state index contributed by atoms with van der Waals surface area (Å²) in [5, 5.41) is 21.7. The molecule has 1 atom stereocenters. The van der Waals surface area contributed by atoms with E-state index in [-0.39, 0.29) is 11.5 Å². The Balaban J connectivity index is 2.84. The molecule has 0 radical (unpaired) electrons. The van der Waals surface area contributed by atoms with Gasteiger partial charge in [-0.3, -0.25) is 0 Å². The van der Waals surface area contributed by atoms with E-state index in [1.54, 1.807) is 6.07 Å². The van der Waals surface area contributed by atoms with Gasteiger partial charge in [0, 0.05) is 12.2 Å². The SMILES string of the molecule is CCCC(O)CNc1cc(C(=O)O)cc(C(C)C)n1. The Labute approximate surface area is 113 Å². The van der Waals surface area contributed by atoms with Crippen LogP contribution in [0, 0.1) is 0 Å². The Bertz CT molecular complexity index is 433. The van der Waals surface area contributed by atoms with Crippen LogP contribution in [0.15, 0.2) is 12.1 Å². The molecular weight excluding hydrogens is 244 g/mol. The molecule has 0 aliphatic heterocycles. The van der Waals surface area contributed by atoms with Crippen LogP contribution in [0.5, 0.6) is 0 Å². The van der Waals surface area contributed by atoms with Gasteiger partial charge in [0.15, 0.2) is 0 Å². The van der Waals surface area contributed by atoms with E-state index in [2.05, 4.69) is 10.3 Å². The van der Waals surface area contributed by atoms with Crippen molar-refractivity contribution in [2.45, 2.75) is 45.6 Å². The van der Waals surface area contributed by atoms with E-state index in [0.717, 1.165) is 12.1 Å². The molecule has 5 nitrogen and oxygen atoms in total. The van der Waals surface area contributed by atoms with Crippen molar-refractivity contribution in [3.63, 3.8) is 0 Å². The summed E-state index contributed by atoms with van der Waals surface area (Å²) >= 11 is 0. The first-order valence-corrected chi connectivity index (χ1v) is 6.61. The lowest BCUT2D eigenvalue weighted by Crippen LogP contribution is -2.20. The summed E-state index contributed by atoms with van der Waals surface area (Å²) in [5.74, 6) is -0.319. The number of aromatic carboxylic acids is 1. The van der Waals surface area contributed by atoms with Crippen LogP contribution in [0.3, 0.4) is 0 Å². The smallest absolute Gasteiger partial charge is 0.335 e. The number of carboxylic acids is 1. The molecule has 0 saturated carbocycles. The van der Waals surface area contributed by atoms with E-state index >= 15 is 0 Å². The van der Waals surface area contributed by atoms with Gasteiger partial charge in [-0.15, -0.1) is 0 Å². The fraction of sp³-hybridized carbons (Fsp3) is 0.571. The van der Waals surface area contributed by atoms with Gasteiger partial charge in [0.25, 0.3) is 0 Å². The highest BCUT2D eigenvalue weighted by Crippen LogP contribution is 2.17. The topological polar surface area (TPSA) is 82.5 Å². The minimum atomic E-state index is -0.971. The van der Waals surface area contributed by atoms with Crippen molar-refractivity contribution in [3.05, 3.63) is 23.4 Å². The predicted octanol–water partition coefficient (Wildman–Crippen LogP) is 2.48. The van der Waals surface area contributed by atoms with E-state index in [1.807, 2.05) is 20.8 Å². The maximum atomic E-state index is 11.1. The highest BCUT2D eigenvalue weighted by Gasteiger charge is 2.11. The standard InChI is InChI=1S/C14H22N2O3/c1-4-5-11(17)8-15-13-7-10(14(18)19)6-12(16-13)9(2)3/h6-7,9,11,17H,4-5,8H2,1-3H3,(H,15,16)(H,18,19). The zero-order chi connectivity index (χ0) is 14.4. The Morgan fingerprint density at radius 1 is 1.42 bits per heavy atom. The van der Waals surface area contributed by atoms with Crippen molar-refractivity contribution in [2.24, 2.45) is 0 Å². The number of hydrogen-bond donors (Lipinski definition) is 3. The molecule has 0 spiro atoms. The second-order valence-electron chi connectivity index (χ2n) is 4.95. The number of carbonyl (C=O) groups is 1. The van der Waals surface area contributed by atoms with Crippen LogP contribution in [-0.4, -0.2) is 33.8 Å². The molecule has 0 bridgehead atoms. The first kappa shape index (κ1) is 15.4. The van der Waals surface area contributed by atoms with Gasteiger partial charge in [-0.1, -0.05) is 27.2 Å². The zero-order valence-electron chi connectivity index (χ0n) is 11.7. The van der Waals surface area contributed by atoms with Gasteiger partial charge in [-0.25, -0.2) is 9.78 Å². The number of nitrogens with one attached hydrogen (secondary N) is 1. The third-order valence-corrected chi connectivity index (χ3v) is 2.82. The van der Waals surface area contributed by atoms with Crippen molar-refractivity contribution < 1.29 is 15.0 Å². The molecule has 1 aromatic rings. The largest absolute Gasteiger partial charge is 0.478 e. The van der Waals surface area contributed by atoms with Crippen molar-refractivity contribution >= 4 is 11.8 Å². The normalized spacial score (nSPS) is 12.5. The predicted molar refractivity (Wildman–Crippen MR) is 74.7 cm³/mol. The summed E-state index contributed by atoms with van der Waals surface area (Å²) in [6.07, 6.45) is 1.17. The molecule has 1 aromatic heterocycles. The van der Waals surface area contributed by atoms with E-state index in [0.29, 0.717) is 18.8 Å². The van der Waals surface area contributed by atoms with Gasteiger partial charge in [0.05, 0.1) is 11.7 Å². The summed E-state index contributed by atoms with van der Waals surface area (Å²) in [5.41, 5.74) is 0.943. The lowest BCUT2D eigenvalue weighted by Gasteiger charge is -2.13. The maximum absolute atomic E-state index is 11.1. The number of anilines is 1. The molecule has 0 saturated heterocycles. The first-order chi connectivity index (χ1) is 8.93. The fourth-order valence-electron chi connectivity index (χ4n) is 1.72. The third-order valence-electron chi connectivity index (χ3n) is 2.82. The molecular formula is C14H22N2O3. The maximum Gasteiger partial charge on any atom is 0.335 e. The quantitative estimate of drug-likeness (QED) is 0.706. The molecule has 0 aromatic carbocycles. The summed E-state index contributed by atoms with van der Waals surface area (Å²) in [6.45, 7) is 6.30. The average Bonchev–Trinajstić information content (AvgIpc) is 2.36. The van der Waals surface area contributed by atoms with Crippen LogP contribution in [0.4, 0.5) is 5.82 Å². The minimum absolute atomic E-state index is 0.153. The first-order valence-electron chi connectivity index (χ1n) is 6.61. The molecule has 0 amide bonds. The number of hydrogen-bond acceptors (Lipinski definition) is 4. The lowest BCUT2D eigenvalue weighted by atomic mass is 10.1. The molecule has 0 fully saturated rings. The van der Waals surface area contributed by atoms with E-state index in [1.165, 1.54) is 6.07 Å². The van der Waals surface area contributed by atoms with Gasteiger partial charge in [-0.05, 0) is 24.5 Å². The van der Waals surface area contributed by atoms with Crippen LogP contribution < -0.4 is 5.32 Å². The van der Waals surface area contributed by atoms with Crippen molar-refractivity contribution in [2.75, 3.05) is 11.9 Å². The number of nitrogens with zero attached hydrogens (tertiary/aromatic N) is 1. The van der Waals surface area contributed by atoms with Crippen molar-refractivity contribution in [1.29, 1.82) is 0 Å². The van der Waals surface area contributed by atoms with Gasteiger partial charge >= 0.3 is 5.97 Å². The van der Waals surface area contributed by atoms with Gasteiger partial charge in [0.1, 0.15) is 5.82 Å². The van der Waals surface area contributed by atoms with E-state index in [4.69, 9.17) is 5.11 Å². The summed E-state index contributed by atoms with van der Waals surface area (Å²) < 4.78 is 0. The number of rotatable bonds is 7. The van der Waals surface area contributed by atoms with Crippen molar-refractivity contribution in [1.82, 2.24) is 4.98 Å². The second-order valence-corrected chi connectivity index (χ2v) is 4.95. The highest BCUT2D eigenvalue weighted by molar-refractivity contribution is 5.88. The van der Waals surface area contributed by atoms with Crippen LogP contribution in [-0.2, 0) is 0 Å². The summed E-state index contributed by atoms with van der Waals surface area (Å²) in [7, 11) is 0. The van der Waals surface area contributed by atoms with Crippen LogP contribution >= 0.6 is 0 Å². The zero-order valence-corrected chi connectivity index (χ0v) is 11.7. The molecule has 3 N–H and O–H groups in total. The van der Waals surface area contributed by atoms with E-state index < -0.39 is 12.1 Å². The summed E-state index contributed by atoms with van der Waals surface area (Å²) in [4.78, 5) is 15.4. The number of aromatic nitrogens is 1. The number of pyridine rings is 1. The van der Waals surface area contributed by atoms with Crippen LogP contribution in [0.25, 0.3) is 0 Å². The molecule has 1 rings (SSSR count). The van der Waals surface area contributed by atoms with Crippen LogP contribution in [0.2, 0.25) is 0 Å². The lowest BCUT2D eigenvalue weighted by molar-refractivity contribution is 0.0696. The second kappa shape index (κ2) is 7.09. The Kier molecular flexibility index (Phi) is 5.76. The monoisotopic (exact) mass is 266 g/mol. The van der Waals surface area contributed by atoms with Gasteiger partial charge < -0.3 is 15.5 Å². The molecule has 0 aliphatic carbocycles. The number of aliphatic hydroxyl groups excluding tert-OH is 1. The number of carboxylic acid groups (broad SMARTS) is 1. The molecule has 5 heteroatoms. The molecule has 0 aliphatic rings. The third kappa shape index (κ3) is 4.87. The Morgan fingerprint density at radius 3 is 2.63 bits per heavy atom. The Hall–Kier alpha value is -1.62. The fourth-order valence-corrected chi connectivity index (χ4v) is 1.72. The van der Waals surface area contributed by atoms with Crippen LogP contribution in [0.1, 0.15) is 55.6 Å². The van der Waals surface area contributed by atoms with E-state index in [9.17, 15) is 9.90 Å². The van der Waals surface area contributed by atoms with Gasteiger partial charge in [-0.2, -0.15) is 0 Å². The molecule has 19 heavy (non-hydrogen) atoms. The van der Waals surface area contributed by atoms with Crippen molar-refractivity contribution in [3.8, 4) is 0 Å². The summed E-state index contributed by atoms with van der Waals surface area (Å²) in [6, 6.07) is 3.08. The minimum Gasteiger partial charge on any atom is -0.478 e. The van der Waals surface area contributed by atoms with Gasteiger partial charge in [0.2, 0.25) is 0 Å². The Morgan fingerprint density at radius 2 is 2.11 bits per heavy atom. The molecule has 1 heterocycles.